The number of carboxylic acid groups (broad SMARTS) is 1. The predicted octanol–water partition coefficient (Wildman–Crippen LogP) is 7.89. The van der Waals surface area contributed by atoms with Crippen molar-refractivity contribution in [3.63, 3.8) is 0 Å². The quantitative estimate of drug-likeness (QED) is 0.163. The van der Waals surface area contributed by atoms with Gasteiger partial charge in [0.2, 0.25) is 0 Å². The molecule has 1 aliphatic rings. The molecule has 2 aromatic carbocycles. The zero-order chi connectivity index (χ0) is 34.9. The fraction of sp³-hybridized carbons (Fsp3) is 0.371. The molecule has 0 aliphatic heterocycles. The zero-order valence-electron chi connectivity index (χ0n) is 27.0. The Bertz CT molecular complexity index is 1870. The standard InChI is InChI=1S/C35H37ClF2N4O5S/c1-35(2,3)31(41-34(45)46)18-5-8-22(9-6-18)42(33(44)30-28(36)27-23(37)10-11-24(38)29(27)48-30)17-21-15-19(7-12-26(21)47-4)20-13-14-40-25(16-20)32(39)43/h7,10-16,18,22,31,41H,5-6,8-9,17H2,1-4H3,(H2,39,43)(H,45,46). The number of rotatable bonds is 9. The molecule has 13 heteroatoms. The number of carbonyl (C=O) groups excluding carboxylic acids is 2. The number of amides is 3. The van der Waals surface area contributed by atoms with Crippen LogP contribution in [0.4, 0.5) is 13.6 Å². The summed E-state index contributed by atoms with van der Waals surface area (Å²) >= 11 is 7.42. The van der Waals surface area contributed by atoms with Gasteiger partial charge in [-0.25, -0.2) is 13.6 Å². The Morgan fingerprint density at radius 1 is 1.08 bits per heavy atom. The number of benzene rings is 2. The average Bonchev–Trinajstić information content (AvgIpc) is 3.41. The molecule has 0 radical (unpaired) electrons. The molecule has 0 bridgehead atoms. The van der Waals surface area contributed by atoms with Crippen LogP contribution in [0.1, 0.15) is 72.2 Å². The lowest BCUT2D eigenvalue weighted by atomic mass is 9.72. The summed E-state index contributed by atoms with van der Waals surface area (Å²) in [7, 11) is 1.52. The second-order valence-corrected chi connectivity index (χ2v) is 14.5. The Balaban J connectivity index is 1.54. The van der Waals surface area contributed by atoms with Crippen molar-refractivity contribution in [1.82, 2.24) is 15.2 Å². The summed E-state index contributed by atoms with van der Waals surface area (Å²) in [6, 6.07) is 10.1. The summed E-state index contributed by atoms with van der Waals surface area (Å²) in [6.07, 6.45) is 2.80. The maximum atomic E-state index is 14.8. The van der Waals surface area contributed by atoms with Gasteiger partial charge in [-0.2, -0.15) is 0 Å². The van der Waals surface area contributed by atoms with Crippen LogP contribution >= 0.6 is 22.9 Å². The molecule has 2 heterocycles. The van der Waals surface area contributed by atoms with E-state index in [1.807, 2.05) is 32.9 Å². The van der Waals surface area contributed by atoms with Gasteiger partial charge in [-0.3, -0.25) is 14.6 Å². The molecule has 2 aromatic heterocycles. The largest absolute Gasteiger partial charge is 0.496 e. The minimum atomic E-state index is -1.09. The zero-order valence-corrected chi connectivity index (χ0v) is 28.6. The van der Waals surface area contributed by atoms with Gasteiger partial charge in [0.25, 0.3) is 11.8 Å². The molecule has 1 aliphatic carbocycles. The van der Waals surface area contributed by atoms with Crippen molar-refractivity contribution in [2.24, 2.45) is 17.1 Å². The third-order valence-corrected chi connectivity index (χ3v) is 10.6. The molecule has 5 rings (SSSR count). The van der Waals surface area contributed by atoms with E-state index in [0.717, 1.165) is 29.0 Å². The van der Waals surface area contributed by atoms with Gasteiger partial charge >= 0.3 is 6.09 Å². The van der Waals surface area contributed by atoms with Crippen LogP contribution in [0.2, 0.25) is 5.02 Å². The predicted molar refractivity (Wildman–Crippen MR) is 182 cm³/mol. The monoisotopic (exact) mass is 698 g/mol. The molecule has 3 amide bonds. The summed E-state index contributed by atoms with van der Waals surface area (Å²) in [6.45, 7) is 6.05. The second kappa shape index (κ2) is 14.1. The van der Waals surface area contributed by atoms with Crippen LogP contribution in [0.5, 0.6) is 5.75 Å². The van der Waals surface area contributed by atoms with E-state index in [4.69, 9.17) is 22.1 Å². The number of nitrogens with two attached hydrogens (primary N) is 1. The smallest absolute Gasteiger partial charge is 0.404 e. The highest BCUT2D eigenvalue weighted by atomic mass is 35.5. The first-order chi connectivity index (χ1) is 22.7. The van der Waals surface area contributed by atoms with Crippen molar-refractivity contribution in [3.8, 4) is 16.9 Å². The van der Waals surface area contributed by atoms with E-state index in [0.29, 0.717) is 42.6 Å². The number of aromatic nitrogens is 1. The molecular formula is C35H37ClF2N4O5S. The van der Waals surface area contributed by atoms with Crippen molar-refractivity contribution < 1.29 is 33.0 Å². The summed E-state index contributed by atoms with van der Waals surface area (Å²) in [5.41, 5.74) is 7.27. The molecule has 4 aromatic rings. The van der Waals surface area contributed by atoms with Crippen molar-refractivity contribution in [2.75, 3.05) is 7.11 Å². The second-order valence-electron chi connectivity index (χ2n) is 13.1. The molecule has 0 spiro atoms. The molecule has 1 fully saturated rings. The molecule has 4 N–H and O–H groups in total. The number of fused-ring (bicyclic) bond motifs is 1. The van der Waals surface area contributed by atoms with Crippen LogP contribution < -0.4 is 15.8 Å². The van der Waals surface area contributed by atoms with Gasteiger partial charge < -0.3 is 25.8 Å². The number of nitrogens with zero attached hydrogens (tertiary/aromatic N) is 2. The van der Waals surface area contributed by atoms with E-state index in [2.05, 4.69) is 10.3 Å². The molecule has 9 nitrogen and oxygen atoms in total. The van der Waals surface area contributed by atoms with Crippen LogP contribution in [-0.2, 0) is 6.54 Å². The maximum absolute atomic E-state index is 14.8. The van der Waals surface area contributed by atoms with Gasteiger partial charge in [0, 0.05) is 30.4 Å². The number of primary amides is 1. The number of hydrogen-bond acceptors (Lipinski definition) is 6. The van der Waals surface area contributed by atoms with Crippen molar-refractivity contribution in [3.05, 3.63) is 81.5 Å². The van der Waals surface area contributed by atoms with Gasteiger partial charge in [-0.15, -0.1) is 11.3 Å². The number of halogens is 3. The molecule has 48 heavy (non-hydrogen) atoms. The summed E-state index contributed by atoms with van der Waals surface area (Å²) in [4.78, 5) is 43.6. The lowest BCUT2D eigenvalue weighted by molar-refractivity contribution is 0.0543. The first-order valence-electron chi connectivity index (χ1n) is 15.5. The topological polar surface area (TPSA) is 135 Å². The molecule has 1 unspecified atom stereocenters. The van der Waals surface area contributed by atoms with Crippen LogP contribution in [0.25, 0.3) is 21.2 Å². The van der Waals surface area contributed by atoms with Gasteiger partial charge in [0.1, 0.15) is 28.0 Å². The number of thiophene rings is 1. The Kier molecular flexibility index (Phi) is 10.3. The fourth-order valence-electron chi connectivity index (χ4n) is 6.66. The normalized spacial score (nSPS) is 17.1. The third kappa shape index (κ3) is 7.24. The Morgan fingerprint density at radius 3 is 2.35 bits per heavy atom. The minimum absolute atomic E-state index is 0.0215. The van der Waals surface area contributed by atoms with Crippen LogP contribution in [-0.4, -0.2) is 52.1 Å². The number of nitrogens with one attached hydrogen (secondary N) is 1. The molecule has 254 valence electrons. The van der Waals surface area contributed by atoms with Crippen molar-refractivity contribution in [1.29, 1.82) is 0 Å². The Morgan fingerprint density at radius 2 is 1.75 bits per heavy atom. The van der Waals surface area contributed by atoms with Gasteiger partial charge in [0.15, 0.2) is 0 Å². The average molecular weight is 699 g/mol. The Hall–Kier alpha value is -4.29. The summed E-state index contributed by atoms with van der Waals surface area (Å²) in [5, 5.41) is 12.0. The molecule has 0 saturated heterocycles. The summed E-state index contributed by atoms with van der Waals surface area (Å²) < 4.78 is 35.3. The Labute approximate surface area is 286 Å². The van der Waals surface area contributed by atoms with Crippen LogP contribution in [0.3, 0.4) is 0 Å². The van der Waals surface area contributed by atoms with Crippen molar-refractivity contribution >= 4 is 50.9 Å². The highest BCUT2D eigenvalue weighted by Crippen LogP contribution is 2.42. The maximum Gasteiger partial charge on any atom is 0.404 e. The van der Waals surface area contributed by atoms with E-state index < -0.39 is 29.5 Å². The number of pyridine rings is 1. The first-order valence-corrected chi connectivity index (χ1v) is 16.7. The lowest BCUT2D eigenvalue weighted by Crippen LogP contribution is -2.50. The SMILES string of the molecule is COc1ccc(-c2ccnc(C(N)=O)c2)cc1CN(C(=O)c1sc2c(F)ccc(F)c2c1Cl)C1CCC(C(NC(=O)O)C(C)(C)C)CC1. The minimum Gasteiger partial charge on any atom is -0.496 e. The molecular weight excluding hydrogens is 662 g/mol. The van der Waals surface area contributed by atoms with E-state index in [1.165, 1.54) is 13.3 Å². The third-order valence-electron chi connectivity index (χ3n) is 8.97. The van der Waals surface area contributed by atoms with Gasteiger partial charge in [-0.1, -0.05) is 38.4 Å². The van der Waals surface area contributed by atoms with E-state index in [-0.39, 0.29) is 55.6 Å². The number of carbonyl (C=O) groups is 3. The lowest BCUT2D eigenvalue weighted by Gasteiger charge is -2.43. The molecule has 1 saturated carbocycles. The number of hydrogen-bond donors (Lipinski definition) is 3. The highest BCUT2D eigenvalue weighted by Gasteiger charge is 2.39. The first kappa shape index (κ1) is 35.0. The van der Waals surface area contributed by atoms with E-state index in [1.54, 1.807) is 23.1 Å². The van der Waals surface area contributed by atoms with Crippen molar-refractivity contribution in [2.45, 2.75) is 65.1 Å². The van der Waals surface area contributed by atoms with E-state index >= 15 is 0 Å². The fourth-order valence-corrected chi connectivity index (χ4v) is 8.17. The number of ether oxygens (including phenoxy) is 1. The molecule has 1 atom stereocenters. The number of methoxy groups -OCH3 is 1. The summed E-state index contributed by atoms with van der Waals surface area (Å²) in [5.74, 6) is -2.00. The van der Waals surface area contributed by atoms with E-state index in [9.17, 15) is 28.3 Å². The van der Waals surface area contributed by atoms with Crippen LogP contribution in [0, 0.1) is 23.0 Å². The van der Waals surface area contributed by atoms with Crippen LogP contribution in [0.15, 0.2) is 48.7 Å². The highest BCUT2D eigenvalue weighted by molar-refractivity contribution is 7.21. The van der Waals surface area contributed by atoms with Gasteiger partial charge in [-0.05, 0) is 84.5 Å². The van der Waals surface area contributed by atoms with Gasteiger partial charge in [0.05, 0.1) is 22.2 Å².